The van der Waals surface area contributed by atoms with Gasteiger partial charge in [-0.15, -0.1) is 0 Å². The van der Waals surface area contributed by atoms with Crippen LogP contribution in [0.25, 0.3) is 0 Å². The van der Waals surface area contributed by atoms with Gasteiger partial charge in [0, 0.05) is 0 Å². The summed E-state index contributed by atoms with van der Waals surface area (Å²) in [6.07, 6.45) is -0.646. The van der Waals surface area contributed by atoms with E-state index in [1.54, 1.807) is 24.3 Å². The lowest BCUT2D eigenvalue weighted by Gasteiger charge is -2.22. The zero-order valence-electron chi connectivity index (χ0n) is 9.71. The molecule has 0 saturated carbocycles. The van der Waals surface area contributed by atoms with E-state index in [-0.39, 0.29) is 0 Å². The molecule has 17 heavy (non-hydrogen) atoms. The molecule has 1 rings (SSSR count). The number of carboxylic acids is 1. The van der Waals surface area contributed by atoms with Crippen LogP contribution in [0, 0.1) is 5.92 Å². The molecule has 92 valence electrons. The van der Waals surface area contributed by atoms with Crippen LogP contribution in [0.15, 0.2) is 30.3 Å². The van der Waals surface area contributed by atoms with Gasteiger partial charge in [-0.1, -0.05) is 30.3 Å². The second-order valence-electron chi connectivity index (χ2n) is 3.65. The number of hydrogen-bond acceptors (Lipinski definition) is 3. The monoisotopic (exact) mass is 237 g/mol. The Kier molecular flexibility index (Phi) is 4.51. The van der Waals surface area contributed by atoms with E-state index < -0.39 is 24.0 Å². The Balaban J connectivity index is 2.94. The predicted molar refractivity (Wildman–Crippen MR) is 61.5 cm³/mol. The highest BCUT2D eigenvalue weighted by atomic mass is 16.5. The standard InChI is InChI=1S/C12H15NO4/c1-8(11(14)15)10(13-12(16)17-2)9-6-4-3-5-7-9/h3-8,10H,1-2H3,(H,13,16)(H,14,15). The number of hydrogen-bond donors (Lipinski definition) is 2. The van der Waals surface area contributed by atoms with Gasteiger partial charge in [-0.05, 0) is 12.5 Å². The van der Waals surface area contributed by atoms with Crippen molar-refractivity contribution in [1.29, 1.82) is 0 Å². The summed E-state index contributed by atoms with van der Waals surface area (Å²) in [5.74, 6) is -1.72. The fourth-order valence-corrected chi connectivity index (χ4v) is 1.49. The van der Waals surface area contributed by atoms with E-state index in [9.17, 15) is 9.59 Å². The van der Waals surface area contributed by atoms with Crippen LogP contribution in [0.4, 0.5) is 4.79 Å². The van der Waals surface area contributed by atoms with Crippen LogP contribution < -0.4 is 5.32 Å². The minimum Gasteiger partial charge on any atom is -0.481 e. The van der Waals surface area contributed by atoms with Gasteiger partial charge in [-0.2, -0.15) is 0 Å². The number of carbonyl (C=O) groups is 2. The molecule has 0 radical (unpaired) electrons. The first-order chi connectivity index (χ1) is 8.06. The molecule has 0 aromatic heterocycles. The lowest BCUT2D eigenvalue weighted by Crippen LogP contribution is -2.35. The first-order valence-electron chi connectivity index (χ1n) is 5.18. The maximum atomic E-state index is 11.2. The molecule has 1 aromatic rings. The minimum atomic E-state index is -0.977. The zero-order valence-corrected chi connectivity index (χ0v) is 9.71. The highest BCUT2D eigenvalue weighted by Gasteiger charge is 2.26. The second kappa shape index (κ2) is 5.89. The van der Waals surface area contributed by atoms with Crippen LogP contribution in [-0.4, -0.2) is 24.3 Å². The van der Waals surface area contributed by atoms with Gasteiger partial charge < -0.3 is 15.2 Å². The first kappa shape index (κ1) is 13.0. The third kappa shape index (κ3) is 3.48. The zero-order chi connectivity index (χ0) is 12.8. The van der Waals surface area contributed by atoms with Gasteiger partial charge in [0.15, 0.2) is 0 Å². The molecule has 1 amide bonds. The third-order valence-corrected chi connectivity index (χ3v) is 2.51. The maximum absolute atomic E-state index is 11.2. The fourth-order valence-electron chi connectivity index (χ4n) is 1.49. The van der Waals surface area contributed by atoms with Gasteiger partial charge in [0.25, 0.3) is 0 Å². The minimum absolute atomic E-state index is 0.610. The summed E-state index contributed by atoms with van der Waals surface area (Å²) in [4.78, 5) is 22.2. The molecule has 0 bridgehead atoms. The molecule has 2 atom stereocenters. The lowest BCUT2D eigenvalue weighted by molar-refractivity contribution is -0.142. The van der Waals surface area contributed by atoms with Crippen LogP contribution in [0.1, 0.15) is 18.5 Å². The third-order valence-electron chi connectivity index (χ3n) is 2.51. The Labute approximate surface area is 99.4 Å². The number of nitrogens with one attached hydrogen (secondary N) is 1. The summed E-state index contributed by atoms with van der Waals surface area (Å²) in [7, 11) is 1.24. The molecule has 0 heterocycles. The van der Waals surface area contributed by atoms with E-state index in [0.717, 1.165) is 5.56 Å². The van der Waals surface area contributed by atoms with Crippen molar-refractivity contribution >= 4 is 12.1 Å². The normalized spacial score (nSPS) is 13.5. The van der Waals surface area contributed by atoms with E-state index in [2.05, 4.69) is 10.1 Å². The van der Waals surface area contributed by atoms with Gasteiger partial charge in [0.1, 0.15) is 0 Å². The molecule has 0 fully saturated rings. The van der Waals surface area contributed by atoms with Gasteiger partial charge >= 0.3 is 12.1 Å². The molecule has 2 unspecified atom stereocenters. The number of ether oxygens (including phenoxy) is 1. The van der Waals surface area contributed by atoms with Crippen LogP contribution in [-0.2, 0) is 9.53 Å². The Morgan fingerprint density at radius 2 is 1.88 bits per heavy atom. The fraction of sp³-hybridized carbons (Fsp3) is 0.333. The quantitative estimate of drug-likeness (QED) is 0.837. The Morgan fingerprint density at radius 3 is 2.35 bits per heavy atom. The van der Waals surface area contributed by atoms with Gasteiger partial charge in [-0.25, -0.2) is 4.79 Å². The predicted octanol–water partition coefficient (Wildman–Crippen LogP) is 1.80. The summed E-state index contributed by atoms with van der Waals surface area (Å²) < 4.78 is 4.49. The van der Waals surface area contributed by atoms with Crippen molar-refractivity contribution in [3.63, 3.8) is 0 Å². The van der Waals surface area contributed by atoms with Gasteiger partial charge in [0.05, 0.1) is 19.1 Å². The largest absolute Gasteiger partial charge is 0.481 e. The smallest absolute Gasteiger partial charge is 0.407 e. The second-order valence-corrected chi connectivity index (χ2v) is 3.65. The van der Waals surface area contributed by atoms with Crippen molar-refractivity contribution in [2.24, 2.45) is 5.92 Å². The molecule has 0 saturated heterocycles. The van der Waals surface area contributed by atoms with Gasteiger partial charge in [0.2, 0.25) is 0 Å². The molecule has 1 aromatic carbocycles. The van der Waals surface area contributed by atoms with Crippen LogP contribution in [0.5, 0.6) is 0 Å². The molecule has 0 aliphatic heterocycles. The van der Waals surface area contributed by atoms with Crippen molar-refractivity contribution in [3.05, 3.63) is 35.9 Å². The maximum Gasteiger partial charge on any atom is 0.407 e. The summed E-state index contributed by atoms with van der Waals surface area (Å²) >= 11 is 0. The number of carbonyl (C=O) groups excluding carboxylic acids is 1. The molecule has 0 aliphatic rings. The van der Waals surface area contributed by atoms with Crippen molar-refractivity contribution in [2.75, 3.05) is 7.11 Å². The Bertz CT molecular complexity index is 391. The molecule has 0 spiro atoms. The Morgan fingerprint density at radius 1 is 1.29 bits per heavy atom. The molecular weight excluding hydrogens is 222 g/mol. The molecule has 0 aliphatic carbocycles. The highest BCUT2D eigenvalue weighted by molar-refractivity contribution is 5.73. The molecule has 5 nitrogen and oxygen atoms in total. The Hall–Kier alpha value is -2.04. The summed E-state index contributed by atoms with van der Waals surface area (Å²) in [5.41, 5.74) is 0.729. The number of amides is 1. The van der Waals surface area contributed by atoms with Crippen LogP contribution in [0.2, 0.25) is 0 Å². The van der Waals surface area contributed by atoms with Crippen molar-refractivity contribution in [3.8, 4) is 0 Å². The summed E-state index contributed by atoms with van der Waals surface area (Å²) in [5, 5.41) is 11.5. The number of alkyl carbamates (subject to hydrolysis) is 1. The average Bonchev–Trinajstić information content (AvgIpc) is 2.35. The van der Waals surface area contributed by atoms with E-state index >= 15 is 0 Å². The van der Waals surface area contributed by atoms with E-state index in [1.807, 2.05) is 6.07 Å². The summed E-state index contributed by atoms with van der Waals surface area (Å²) in [6.45, 7) is 1.54. The van der Waals surface area contributed by atoms with E-state index in [0.29, 0.717) is 0 Å². The van der Waals surface area contributed by atoms with Crippen molar-refractivity contribution in [2.45, 2.75) is 13.0 Å². The number of benzene rings is 1. The number of aliphatic carboxylic acids is 1. The number of rotatable bonds is 4. The van der Waals surface area contributed by atoms with E-state index in [1.165, 1.54) is 14.0 Å². The molecular formula is C12H15NO4. The highest BCUT2D eigenvalue weighted by Crippen LogP contribution is 2.22. The van der Waals surface area contributed by atoms with Crippen LogP contribution in [0.3, 0.4) is 0 Å². The van der Waals surface area contributed by atoms with E-state index in [4.69, 9.17) is 5.11 Å². The van der Waals surface area contributed by atoms with Gasteiger partial charge in [-0.3, -0.25) is 4.79 Å². The summed E-state index contributed by atoms with van der Waals surface area (Å²) in [6, 6.07) is 8.32. The first-order valence-corrected chi connectivity index (χ1v) is 5.18. The average molecular weight is 237 g/mol. The molecule has 5 heteroatoms. The topological polar surface area (TPSA) is 75.6 Å². The number of carboxylic acid groups (broad SMARTS) is 1. The SMILES string of the molecule is COC(=O)NC(c1ccccc1)C(C)C(=O)O. The van der Waals surface area contributed by atoms with Crippen LogP contribution >= 0.6 is 0 Å². The molecule has 2 N–H and O–H groups in total. The van der Waals surface area contributed by atoms with Crippen molar-refractivity contribution in [1.82, 2.24) is 5.32 Å². The van der Waals surface area contributed by atoms with Crippen molar-refractivity contribution < 1.29 is 19.4 Å². The lowest BCUT2D eigenvalue weighted by atomic mass is 9.95. The number of methoxy groups -OCH3 is 1.